The molecule has 110 valence electrons. The molecule has 2 aromatic heterocycles. The van der Waals surface area contributed by atoms with Crippen molar-refractivity contribution >= 4 is 11.3 Å². The van der Waals surface area contributed by atoms with E-state index < -0.39 is 0 Å². The van der Waals surface area contributed by atoms with Crippen LogP contribution in [0.3, 0.4) is 0 Å². The molecule has 1 atom stereocenters. The van der Waals surface area contributed by atoms with Gasteiger partial charge in [0, 0.05) is 18.9 Å². The highest BCUT2D eigenvalue weighted by molar-refractivity contribution is 7.15. The van der Waals surface area contributed by atoms with Crippen LogP contribution in [0.2, 0.25) is 0 Å². The normalized spacial score (nSPS) is 13.1. The number of hydrogen-bond acceptors (Lipinski definition) is 6. The van der Waals surface area contributed by atoms with Crippen LogP contribution in [-0.2, 0) is 12.8 Å². The van der Waals surface area contributed by atoms with Crippen LogP contribution >= 0.6 is 11.3 Å². The summed E-state index contributed by atoms with van der Waals surface area (Å²) in [5, 5.41) is 8.35. The number of aromatic nitrogens is 3. The number of nitrogens with one attached hydrogen (secondary N) is 1. The van der Waals surface area contributed by atoms with Crippen molar-refractivity contribution in [2.75, 3.05) is 7.05 Å². The SMILES string of the molecule is CNC(C)Cc1noc(-c2sc(CC(C)C)nc2C)n1. The predicted molar refractivity (Wildman–Crippen MR) is 80.9 cm³/mol. The second kappa shape index (κ2) is 6.45. The van der Waals surface area contributed by atoms with E-state index in [0.29, 0.717) is 17.9 Å². The van der Waals surface area contributed by atoms with Crippen molar-refractivity contribution in [3.63, 3.8) is 0 Å². The molecule has 2 heterocycles. The van der Waals surface area contributed by atoms with Crippen LogP contribution in [-0.4, -0.2) is 28.2 Å². The van der Waals surface area contributed by atoms with E-state index in [1.165, 1.54) is 0 Å². The molecule has 1 unspecified atom stereocenters. The molecule has 0 spiro atoms. The van der Waals surface area contributed by atoms with Gasteiger partial charge in [-0.3, -0.25) is 0 Å². The summed E-state index contributed by atoms with van der Waals surface area (Å²) >= 11 is 1.66. The molecule has 20 heavy (non-hydrogen) atoms. The van der Waals surface area contributed by atoms with Gasteiger partial charge in [-0.1, -0.05) is 19.0 Å². The first-order valence-electron chi connectivity index (χ1n) is 6.96. The van der Waals surface area contributed by atoms with Crippen LogP contribution in [0.4, 0.5) is 0 Å². The highest BCUT2D eigenvalue weighted by atomic mass is 32.1. The van der Waals surface area contributed by atoms with Crippen molar-refractivity contribution in [2.45, 2.75) is 46.6 Å². The first-order chi connectivity index (χ1) is 9.49. The van der Waals surface area contributed by atoms with Crippen molar-refractivity contribution in [2.24, 2.45) is 5.92 Å². The topological polar surface area (TPSA) is 63.8 Å². The molecule has 2 rings (SSSR count). The Morgan fingerprint density at radius 3 is 2.60 bits per heavy atom. The first kappa shape index (κ1) is 15.1. The maximum Gasteiger partial charge on any atom is 0.269 e. The largest absolute Gasteiger partial charge is 0.333 e. The van der Waals surface area contributed by atoms with Gasteiger partial charge in [-0.25, -0.2) is 4.98 Å². The minimum atomic E-state index is 0.333. The van der Waals surface area contributed by atoms with Crippen LogP contribution in [0.15, 0.2) is 4.52 Å². The van der Waals surface area contributed by atoms with Gasteiger partial charge in [-0.2, -0.15) is 4.98 Å². The lowest BCUT2D eigenvalue weighted by atomic mass is 10.1. The average molecular weight is 294 g/mol. The minimum Gasteiger partial charge on any atom is -0.333 e. The molecule has 0 saturated carbocycles. The Bertz CT molecular complexity index is 561. The first-order valence-corrected chi connectivity index (χ1v) is 7.77. The monoisotopic (exact) mass is 294 g/mol. The zero-order valence-corrected chi connectivity index (χ0v) is 13.5. The lowest BCUT2D eigenvalue weighted by Gasteiger charge is -2.04. The molecule has 5 nitrogen and oxygen atoms in total. The zero-order chi connectivity index (χ0) is 14.7. The van der Waals surface area contributed by atoms with Gasteiger partial charge >= 0.3 is 0 Å². The van der Waals surface area contributed by atoms with Gasteiger partial charge in [0.25, 0.3) is 5.89 Å². The predicted octanol–water partition coefficient (Wildman–Crippen LogP) is 2.85. The van der Waals surface area contributed by atoms with E-state index in [2.05, 4.69) is 41.2 Å². The Hall–Kier alpha value is -1.27. The quantitative estimate of drug-likeness (QED) is 0.887. The summed E-state index contributed by atoms with van der Waals surface area (Å²) in [5.74, 6) is 1.93. The summed E-state index contributed by atoms with van der Waals surface area (Å²) in [4.78, 5) is 10.1. The molecule has 0 saturated heterocycles. The number of nitrogens with zero attached hydrogens (tertiary/aromatic N) is 3. The average Bonchev–Trinajstić information content (AvgIpc) is 2.95. The van der Waals surface area contributed by atoms with E-state index in [0.717, 1.165) is 34.2 Å². The van der Waals surface area contributed by atoms with Crippen LogP contribution < -0.4 is 5.32 Å². The molecule has 0 fully saturated rings. The third-order valence-corrected chi connectivity index (χ3v) is 4.24. The molecule has 0 amide bonds. The molecule has 1 N–H and O–H groups in total. The molecule has 0 aromatic carbocycles. The molecular formula is C14H22N4OS. The summed E-state index contributed by atoms with van der Waals surface area (Å²) < 4.78 is 5.38. The van der Waals surface area contributed by atoms with E-state index in [1.54, 1.807) is 11.3 Å². The van der Waals surface area contributed by atoms with Crippen molar-refractivity contribution in [1.29, 1.82) is 0 Å². The number of thiazole rings is 1. The van der Waals surface area contributed by atoms with E-state index in [1.807, 2.05) is 14.0 Å². The van der Waals surface area contributed by atoms with Gasteiger partial charge in [0.05, 0.1) is 10.7 Å². The maximum absolute atomic E-state index is 5.38. The van der Waals surface area contributed by atoms with E-state index >= 15 is 0 Å². The van der Waals surface area contributed by atoms with E-state index in [9.17, 15) is 0 Å². The molecule has 6 heteroatoms. The minimum absolute atomic E-state index is 0.333. The van der Waals surface area contributed by atoms with Gasteiger partial charge < -0.3 is 9.84 Å². The van der Waals surface area contributed by atoms with Gasteiger partial charge in [0.1, 0.15) is 4.88 Å². The Morgan fingerprint density at radius 1 is 1.20 bits per heavy atom. The molecule has 2 aromatic rings. The molecular weight excluding hydrogens is 272 g/mol. The third kappa shape index (κ3) is 3.64. The molecule has 0 bridgehead atoms. The summed E-state index contributed by atoms with van der Waals surface area (Å²) in [7, 11) is 1.93. The molecule has 0 aliphatic rings. The van der Waals surface area contributed by atoms with Crippen molar-refractivity contribution < 1.29 is 4.52 Å². The maximum atomic E-state index is 5.38. The van der Waals surface area contributed by atoms with Crippen LogP contribution in [0.25, 0.3) is 10.8 Å². The Kier molecular flexibility index (Phi) is 4.88. The van der Waals surface area contributed by atoms with Crippen molar-refractivity contribution in [1.82, 2.24) is 20.4 Å². The number of rotatable bonds is 6. The smallest absolute Gasteiger partial charge is 0.269 e. The fraction of sp³-hybridized carbons (Fsp3) is 0.643. The summed E-state index contributed by atoms with van der Waals surface area (Å²) in [6.07, 6.45) is 1.75. The highest BCUT2D eigenvalue weighted by Crippen LogP contribution is 2.29. The Balaban J connectivity index is 2.17. The van der Waals surface area contributed by atoms with Crippen LogP contribution in [0, 0.1) is 12.8 Å². The van der Waals surface area contributed by atoms with Gasteiger partial charge in [-0.15, -0.1) is 11.3 Å². The van der Waals surface area contributed by atoms with Gasteiger partial charge in [-0.05, 0) is 26.8 Å². The summed E-state index contributed by atoms with van der Waals surface area (Å²) in [6, 6.07) is 0.333. The fourth-order valence-electron chi connectivity index (χ4n) is 1.89. The molecule has 0 aliphatic heterocycles. The fourth-order valence-corrected chi connectivity index (χ4v) is 3.09. The second-order valence-electron chi connectivity index (χ2n) is 5.53. The van der Waals surface area contributed by atoms with Gasteiger partial charge in [0.15, 0.2) is 5.82 Å². The number of likely N-dealkylation sites (N-methyl/N-ethyl adjacent to an activating group) is 1. The van der Waals surface area contributed by atoms with Crippen LogP contribution in [0.5, 0.6) is 0 Å². The van der Waals surface area contributed by atoms with E-state index in [4.69, 9.17) is 4.52 Å². The second-order valence-corrected chi connectivity index (χ2v) is 6.61. The summed E-state index contributed by atoms with van der Waals surface area (Å²) in [6.45, 7) is 8.48. The Labute approximate surface area is 123 Å². The standard InChI is InChI=1S/C14H22N4OS/c1-8(2)6-12-16-10(4)13(20-12)14-17-11(18-19-14)7-9(3)15-5/h8-9,15H,6-7H2,1-5H3. The number of hydrogen-bond donors (Lipinski definition) is 1. The van der Waals surface area contributed by atoms with Crippen molar-refractivity contribution in [3.8, 4) is 10.8 Å². The van der Waals surface area contributed by atoms with Gasteiger partial charge in [0.2, 0.25) is 0 Å². The van der Waals surface area contributed by atoms with Crippen molar-refractivity contribution in [3.05, 3.63) is 16.5 Å². The van der Waals surface area contributed by atoms with E-state index in [-0.39, 0.29) is 0 Å². The zero-order valence-electron chi connectivity index (χ0n) is 12.7. The lowest BCUT2D eigenvalue weighted by Crippen LogP contribution is -2.24. The highest BCUT2D eigenvalue weighted by Gasteiger charge is 2.17. The number of aryl methyl sites for hydroxylation is 1. The lowest BCUT2D eigenvalue weighted by molar-refractivity contribution is 0.418. The molecule has 0 aliphatic carbocycles. The summed E-state index contributed by atoms with van der Waals surface area (Å²) in [5.41, 5.74) is 0.975. The third-order valence-electron chi connectivity index (χ3n) is 3.07. The Morgan fingerprint density at radius 2 is 1.95 bits per heavy atom. The molecule has 0 radical (unpaired) electrons. The van der Waals surface area contributed by atoms with Crippen LogP contribution in [0.1, 0.15) is 37.3 Å².